The fourth-order valence-electron chi connectivity index (χ4n) is 18.9. The fourth-order valence-corrected chi connectivity index (χ4v) is 22.7. The zero-order valence-corrected chi connectivity index (χ0v) is 69.5. The lowest BCUT2D eigenvalue weighted by atomic mass is 9.82. The topological polar surface area (TPSA) is 38.7 Å². The quantitative estimate of drug-likeness (QED) is 0.156. The Morgan fingerprint density at radius 1 is 0.210 bits per heavy atom. The molecule has 0 amide bonds. The van der Waals surface area contributed by atoms with E-state index in [1.807, 2.05) is 34.0 Å². The van der Waals surface area contributed by atoms with Gasteiger partial charge < -0.3 is 0 Å². The van der Waals surface area contributed by atoms with Crippen LogP contribution in [0.4, 0.5) is 0 Å². The van der Waals surface area contributed by atoms with Gasteiger partial charge in [-0.2, -0.15) is 0 Å². The third kappa shape index (κ3) is 12.1. The second kappa shape index (κ2) is 28.7. The molecule has 0 radical (unpaired) electrons. The van der Waals surface area contributed by atoms with Crippen LogP contribution < -0.4 is 0 Å². The van der Waals surface area contributed by atoms with Crippen molar-refractivity contribution in [2.45, 2.75) is 53.9 Å². The Morgan fingerprint density at radius 3 is 1.07 bits per heavy atom. The highest BCUT2D eigenvalue weighted by molar-refractivity contribution is 7.27. The highest BCUT2D eigenvalue weighted by atomic mass is 32.1. The number of pyridine rings is 3. The van der Waals surface area contributed by atoms with Crippen LogP contribution >= 0.6 is 34.0 Å². The second-order valence-electron chi connectivity index (χ2n) is 33.0. The number of hydrogen-bond acceptors (Lipinski definition) is 6. The van der Waals surface area contributed by atoms with Gasteiger partial charge in [0.05, 0.1) is 33.6 Å². The van der Waals surface area contributed by atoms with Gasteiger partial charge in [-0.3, -0.25) is 0 Å². The zero-order chi connectivity index (χ0) is 79.9. The van der Waals surface area contributed by atoms with Crippen molar-refractivity contribution < 1.29 is 0 Å². The molecule has 0 aliphatic carbocycles. The molecule has 0 unspecified atom stereocenters. The summed E-state index contributed by atoms with van der Waals surface area (Å²) in [5.41, 5.74) is 23.6. The number of nitrogens with zero attached hydrogens (tertiary/aromatic N) is 3. The summed E-state index contributed by atoms with van der Waals surface area (Å²) < 4.78 is 8.07. The monoisotopic (exact) mass is 1570 g/mol. The molecule has 0 N–H and O–H groups in total. The Bertz CT molecular complexity index is 8320. The number of rotatable bonds is 6. The molecule has 24 rings (SSSR count). The summed E-state index contributed by atoms with van der Waals surface area (Å²) in [5.74, 6) is 0. The standard InChI is InChI=1S/C39H29NS.C38H27NS.C36H23NS/c1-39(2,3)34-23-33-29-16-5-4-14-27(29)28-15-6-7-18-31(28)37(33)40-36(34)25-13-10-12-24(22-25)26-19-11-20-32-30-17-8-9-21-35(30)41-38(26)32;1-22-18-24(3)37-33(19-22)34-21-23(2)20-32(38(34)40-37)28-13-6-8-14-29(28)35-17-16-31-27-12-5-4-10-25(27)26-11-7-9-15-30(26)36(31)39-35;1-22-20-32-28-14-3-2-12-26(28)27-13-4-5-16-30(27)35(32)37-34(22)24-11-8-10-23(21-24)25-17-9-18-31-29-15-6-7-19-33(29)38-36(25)31/h4-23H,1-3H3;4-21H,1-3H3;2-21H,1H3. The first-order valence-electron chi connectivity index (χ1n) is 41.0. The molecule has 564 valence electrons. The van der Waals surface area contributed by atoms with Crippen molar-refractivity contribution in [3.63, 3.8) is 0 Å². The summed E-state index contributed by atoms with van der Waals surface area (Å²) in [6.07, 6.45) is 0. The number of hydrogen-bond donors (Lipinski definition) is 0. The molecule has 0 aliphatic heterocycles. The largest absolute Gasteiger partial charge is 0.247 e. The highest BCUT2D eigenvalue weighted by Crippen LogP contribution is 2.49. The first-order chi connectivity index (χ1) is 58.3. The average molecular weight is 1580 g/mol. The van der Waals surface area contributed by atoms with Crippen molar-refractivity contribution in [2.75, 3.05) is 0 Å². The lowest BCUT2D eigenvalue weighted by Gasteiger charge is -2.24. The van der Waals surface area contributed by atoms with Crippen LogP contribution in [0, 0.1) is 27.7 Å². The predicted molar refractivity (Wildman–Crippen MR) is 519 cm³/mol. The van der Waals surface area contributed by atoms with Crippen LogP contribution in [0.1, 0.15) is 48.6 Å². The van der Waals surface area contributed by atoms with Crippen molar-refractivity contribution in [3.8, 4) is 67.2 Å². The van der Waals surface area contributed by atoms with E-state index in [2.05, 4.69) is 400 Å². The van der Waals surface area contributed by atoms with E-state index in [1.54, 1.807) is 0 Å². The summed E-state index contributed by atoms with van der Waals surface area (Å²) in [6, 6.07) is 128. The molecule has 24 aromatic rings. The Balaban J connectivity index is 0.000000107. The van der Waals surface area contributed by atoms with Crippen LogP contribution in [0.25, 0.3) is 225 Å². The maximum absolute atomic E-state index is 5.52. The summed E-state index contributed by atoms with van der Waals surface area (Å²) in [7, 11) is 0. The van der Waals surface area contributed by atoms with E-state index < -0.39 is 0 Å². The van der Waals surface area contributed by atoms with E-state index in [0.717, 1.165) is 44.8 Å². The molecule has 0 fully saturated rings. The van der Waals surface area contributed by atoms with Gasteiger partial charge in [0.2, 0.25) is 0 Å². The van der Waals surface area contributed by atoms with Gasteiger partial charge in [0, 0.05) is 115 Å². The van der Waals surface area contributed by atoms with Crippen molar-refractivity contribution in [2.24, 2.45) is 0 Å². The van der Waals surface area contributed by atoms with Crippen molar-refractivity contribution in [1.82, 2.24) is 15.0 Å². The molecule has 0 saturated heterocycles. The average Bonchev–Trinajstić information content (AvgIpc) is 1.68. The van der Waals surface area contributed by atoms with Gasteiger partial charge in [-0.15, -0.1) is 34.0 Å². The number of benzene rings is 18. The van der Waals surface area contributed by atoms with Crippen LogP contribution in [0.15, 0.2) is 352 Å². The number of thiophene rings is 3. The van der Waals surface area contributed by atoms with Crippen LogP contribution in [-0.4, -0.2) is 15.0 Å². The lowest BCUT2D eigenvalue weighted by molar-refractivity contribution is 0.591. The van der Waals surface area contributed by atoms with E-state index in [1.165, 1.54) is 208 Å². The van der Waals surface area contributed by atoms with Crippen LogP contribution in [0.2, 0.25) is 0 Å². The summed E-state index contributed by atoms with van der Waals surface area (Å²) in [5, 5.41) is 26.6. The van der Waals surface area contributed by atoms with Crippen LogP contribution in [0.3, 0.4) is 0 Å². The molecule has 0 bridgehead atoms. The molecule has 6 aromatic heterocycles. The Hall–Kier alpha value is -13.6. The molecule has 0 saturated carbocycles. The Morgan fingerprint density at radius 2 is 0.563 bits per heavy atom. The summed E-state index contributed by atoms with van der Waals surface area (Å²) >= 11 is 5.67. The maximum atomic E-state index is 5.52. The molecule has 18 aromatic carbocycles. The van der Waals surface area contributed by atoms with Crippen molar-refractivity contribution >= 4 is 192 Å². The Labute approximate surface area is 702 Å². The molecule has 6 heterocycles. The fraction of sp³-hybridized carbons (Fsp3) is 0.0708. The van der Waals surface area contributed by atoms with E-state index >= 15 is 0 Å². The molecule has 0 spiro atoms. The van der Waals surface area contributed by atoms with Gasteiger partial charge in [0.25, 0.3) is 0 Å². The Kier molecular flexibility index (Phi) is 17.3. The third-order valence-corrected chi connectivity index (χ3v) is 28.2. The highest BCUT2D eigenvalue weighted by Gasteiger charge is 2.26. The molecular weight excluding hydrogens is 1500 g/mol. The molecule has 0 atom stereocenters. The molecule has 119 heavy (non-hydrogen) atoms. The van der Waals surface area contributed by atoms with Crippen molar-refractivity contribution in [3.05, 3.63) is 380 Å². The van der Waals surface area contributed by atoms with Gasteiger partial charge in [-0.25, -0.2) is 15.0 Å². The third-order valence-electron chi connectivity index (χ3n) is 24.3. The van der Waals surface area contributed by atoms with Crippen molar-refractivity contribution in [1.29, 1.82) is 0 Å². The van der Waals surface area contributed by atoms with Gasteiger partial charge in [-0.1, -0.05) is 311 Å². The van der Waals surface area contributed by atoms with Gasteiger partial charge in [0.15, 0.2) is 0 Å². The van der Waals surface area contributed by atoms with E-state index in [4.69, 9.17) is 15.0 Å². The first kappa shape index (κ1) is 71.9. The SMILES string of the molecule is CC(C)(C)c1cc2c3ccccc3c3ccccc3c2nc1-c1cccc(-c2cccc3c2sc2ccccc23)c1.Cc1cc(C)c2sc3c(-c4ccccc4-c4ccc5c6ccccc6c6ccccc6c5n4)cc(C)cc3c2c1.Cc1cc2c3ccccc3c3ccccc3c2nc1-c1cccc(-c2cccc3c2sc2ccccc23)c1. The molecule has 0 aliphatic rings. The van der Waals surface area contributed by atoms with Gasteiger partial charge in [-0.05, 0) is 198 Å². The van der Waals surface area contributed by atoms with E-state index in [9.17, 15) is 0 Å². The molecule has 6 heteroatoms. The normalized spacial score (nSPS) is 12.0. The zero-order valence-electron chi connectivity index (χ0n) is 67.1. The summed E-state index contributed by atoms with van der Waals surface area (Å²) in [6.45, 7) is 15.7. The minimum Gasteiger partial charge on any atom is -0.247 e. The smallest absolute Gasteiger partial charge is 0.0794 e. The summed E-state index contributed by atoms with van der Waals surface area (Å²) in [4.78, 5) is 16.3. The second-order valence-corrected chi connectivity index (χ2v) is 36.1. The molecular formula is C113H79N3S3. The van der Waals surface area contributed by atoms with Gasteiger partial charge in [0.1, 0.15) is 0 Å². The number of fused-ring (bicyclic) bond motifs is 27. The van der Waals surface area contributed by atoms with Crippen LogP contribution in [-0.2, 0) is 5.41 Å². The predicted octanol–water partition coefficient (Wildman–Crippen LogP) is 33.3. The molecule has 3 nitrogen and oxygen atoms in total. The van der Waals surface area contributed by atoms with E-state index in [0.29, 0.717) is 0 Å². The minimum atomic E-state index is -0.0786. The van der Waals surface area contributed by atoms with Crippen LogP contribution in [0.5, 0.6) is 0 Å². The number of aromatic nitrogens is 3. The van der Waals surface area contributed by atoms with E-state index in [-0.39, 0.29) is 5.41 Å². The maximum Gasteiger partial charge on any atom is 0.0794 e. The lowest BCUT2D eigenvalue weighted by Crippen LogP contribution is -2.14. The van der Waals surface area contributed by atoms with Gasteiger partial charge >= 0.3 is 0 Å². The first-order valence-corrected chi connectivity index (χ1v) is 43.5. The minimum absolute atomic E-state index is 0.0786. The number of aryl methyl sites for hydroxylation is 4.